The zero-order chi connectivity index (χ0) is 13.1. The third-order valence-corrected chi connectivity index (χ3v) is 3.74. The van der Waals surface area contributed by atoms with Gasteiger partial charge >= 0.3 is 0 Å². The summed E-state index contributed by atoms with van der Waals surface area (Å²) < 4.78 is 26.0. The fourth-order valence-electron chi connectivity index (χ4n) is 1.13. The Balaban J connectivity index is 2.65. The molecule has 1 aromatic rings. The van der Waals surface area contributed by atoms with Crippen LogP contribution in [0.2, 0.25) is 0 Å². The number of carbonyl (C=O) groups is 1. The number of hydrogen-bond acceptors (Lipinski definition) is 3. The molecule has 0 amide bonds. The maximum Gasteiger partial charge on any atom is 0.279 e. The highest BCUT2D eigenvalue weighted by Gasteiger charge is 2.15. The van der Waals surface area contributed by atoms with Gasteiger partial charge in [0, 0.05) is 19.7 Å². The van der Waals surface area contributed by atoms with Crippen molar-refractivity contribution in [2.45, 2.75) is 6.92 Å². The number of rotatable bonds is 5. The van der Waals surface area contributed by atoms with E-state index in [0.717, 1.165) is 9.87 Å². The van der Waals surface area contributed by atoms with Gasteiger partial charge in [0.15, 0.2) is 5.78 Å². The summed E-state index contributed by atoms with van der Waals surface area (Å²) in [6.07, 6.45) is 0. The number of aryl methyl sites for hydroxylation is 1. The number of carbonyl (C=O) groups excluding carboxylic acids is 1. The molecule has 0 unspecified atom stereocenters. The largest absolute Gasteiger partial charge is 0.293 e. The molecule has 6 heteroatoms. The lowest BCUT2D eigenvalue weighted by Gasteiger charge is -2.11. The maximum absolute atomic E-state index is 11.7. The molecule has 0 aromatic heterocycles. The molecule has 0 aliphatic rings. The van der Waals surface area contributed by atoms with Gasteiger partial charge in [0.1, 0.15) is 0 Å². The minimum Gasteiger partial charge on any atom is -0.293 e. The average molecular weight is 256 g/mol. The molecule has 0 aliphatic carbocycles. The molecule has 0 radical (unpaired) electrons. The monoisotopic (exact) mass is 256 g/mol. The van der Waals surface area contributed by atoms with Crippen LogP contribution in [0.25, 0.3) is 0 Å². The van der Waals surface area contributed by atoms with E-state index >= 15 is 0 Å². The summed E-state index contributed by atoms with van der Waals surface area (Å²) in [5, 5.41) is 0. The number of Topliss-reactive ketones (excluding diaryl/α,β-unsaturated/α-hetero) is 1. The van der Waals surface area contributed by atoms with Crippen molar-refractivity contribution in [1.82, 2.24) is 9.03 Å². The average Bonchev–Trinajstić information content (AvgIpc) is 2.27. The van der Waals surface area contributed by atoms with Crippen LogP contribution in [0.1, 0.15) is 15.9 Å². The summed E-state index contributed by atoms with van der Waals surface area (Å²) in [5.74, 6) is -0.254. The van der Waals surface area contributed by atoms with Gasteiger partial charge in [-0.05, 0) is 6.92 Å². The van der Waals surface area contributed by atoms with E-state index in [9.17, 15) is 13.2 Å². The fourth-order valence-corrected chi connectivity index (χ4v) is 1.70. The smallest absolute Gasteiger partial charge is 0.279 e. The second kappa shape index (κ2) is 5.39. The Hall–Kier alpha value is -1.24. The van der Waals surface area contributed by atoms with Crippen molar-refractivity contribution >= 4 is 16.0 Å². The van der Waals surface area contributed by atoms with Gasteiger partial charge < -0.3 is 0 Å². The molecule has 0 aliphatic heterocycles. The first-order chi connectivity index (χ1) is 7.83. The van der Waals surface area contributed by atoms with Crippen LogP contribution in [0.3, 0.4) is 0 Å². The summed E-state index contributed by atoms with van der Waals surface area (Å²) in [6.45, 7) is 1.69. The minimum absolute atomic E-state index is 0.233. The molecule has 1 N–H and O–H groups in total. The zero-order valence-corrected chi connectivity index (χ0v) is 10.9. The zero-order valence-electron chi connectivity index (χ0n) is 10.1. The van der Waals surface area contributed by atoms with Crippen LogP contribution in [-0.4, -0.2) is 39.1 Å². The Kier molecular flexibility index (Phi) is 4.39. The van der Waals surface area contributed by atoms with Gasteiger partial charge in [-0.25, -0.2) is 0 Å². The van der Waals surface area contributed by atoms with Crippen LogP contribution in [0, 0.1) is 6.92 Å². The van der Waals surface area contributed by atoms with Crippen LogP contribution >= 0.6 is 0 Å². The number of nitrogens with one attached hydrogen (secondary N) is 1. The van der Waals surface area contributed by atoms with Gasteiger partial charge in [-0.2, -0.15) is 17.4 Å². The third kappa shape index (κ3) is 3.92. The molecule has 0 heterocycles. The van der Waals surface area contributed by atoms with Crippen molar-refractivity contribution in [2.24, 2.45) is 0 Å². The van der Waals surface area contributed by atoms with Crippen LogP contribution < -0.4 is 4.72 Å². The van der Waals surface area contributed by atoms with Crippen molar-refractivity contribution in [3.63, 3.8) is 0 Å². The van der Waals surface area contributed by atoms with Gasteiger partial charge in [-0.1, -0.05) is 29.8 Å². The molecule has 0 spiro atoms. The lowest BCUT2D eigenvalue weighted by atomic mass is 10.1. The highest BCUT2D eigenvalue weighted by molar-refractivity contribution is 7.87. The Bertz CT molecular complexity index is 492. The lowest BCUT2D eigenvalue weighted by Crippen LogP contribution is -2.38. The molecular weight excluding hydrogens is 240 g/mol. The highest BCUT2D eigenvalue weighted by Crippen LogP contribution is 2.03. The topological polar surface area (TPSA) is 66.5 Å². The number of benzene rings is 1. The summed E-state index contributed by atoms with van der Waals surface area (Å²) in [5.41, 5.74) is 1.55. The first kappa shape index (κ1) is 13.8. The Morgan fingerprint density at radius 2 is 1.76 bits per heavy atom. The molecule has 94 valence electrons. The maximum atomic E-state index is 11.7. The predicted octanol–water partition coefficient (Wildman–Crippen LogP) is 0.574. The van der Waals surface area contributed by atoms with E-state index in [1.165, 1.54) is 14.1 Å². The Morgan fingerprint density at radius 1 is 1.24 bits per heavy atom. The predicted molar refractivity (Wildman–Crippen MR) is 66.1 cm³/mol. The summed E-state index contributed by atoms with van der Waals surface area (Å²) in [4.78, 5) is 11.7. The van der Waals surface area contributed by atoms with E-state index in [1.54, 1.807) is 12.1 Å². The first-order valence-electron chi connectivity index (χ1n) is 5.10. The first-order valence-corrected chi connectivity index (χ1v) is 6.54. The summed E-state index contributed by atoms with van der Waals surface area (Å²) in [6, 6.07) is 6.99. The van der Waals surface area contributed by atoms with Crippen molar-refractivity contribution in [2.75, 3.05) is 20.6 Å². The van der Waals surface area contributed by atoms with Crippen molar-refractivity contribution in [3.05, 3.63) is 35.4 Å². The molecule has 0 fully saturated rings. The van der Waals surface area contributed by atoms with E-state index in [-0.39, 0.29) is 12.3 Å². The van der Waals surface area contributed by atoms with E-state index < -0.39 is 10.2 Å². The number of hydrogen-bond donors (Lipinski definition) is 1. The van der Waals surface area contributed by atoms with E-state index in [0.29, 0.717) is 5.56 Å². The molecule has 1 rings (SSSR count). The molecule has 0 bridgehead atoms. The molecule has 17 heavy (non-hydrogen) atoms. The molecular formula is C11H16N2O3S. The van der Waals surface area contributed by atoms with Crippen LogP contribution in [0.4, 0.5) is 0 Å². The number of ketones is 1. The van der Waals surface area contributed by atoms with E-state index in [2.05, 4.69) is 4.72 Å². The van der Waals surface area contributed by atoms with Gasteiger partial charge in [-0.15, -0.1) is 0 Å². The number of nitrogens with zero attached hydrogens (tertiary/aromatic N) is 1. The van der Waals surface area contributed by atoms with Crippen LogP contribution in [0.5, 0.6) is 0 Å². The molecule has 0 saturated carbocycles. The normalized spacial score (nSPS) is 11.8. The summed E-state index contributed by atoms with van der Waals surface area (Å²) >= 11 is 0. The molecule has 1 aromatic carbocycles. The third-order valence-electron chi connectivity index (χ3n) is 2.27. The SMILES string of the molecule is Cc1ccc(C(=O)CNS(=O)(=O)N(C)C)cc1. The van der Waals surface area contributed by atoms with Gasteiger partial charge in [0.25, 0.3) is 10.2 Å². The molecule has 0 atom stereocenters. The summed E-state index contributed by atoms with van der Waals surface area (Å²) in [7, 11) is -0.744. The molecule has 5 nitrogen and oxygen atoms in total. The Labute approximate surface area is 102 Å². The minimum atomic E-state index is -3.55. The standard InChI is InChI=1S/C11H16N2O3S/c1-9-4-6-10(7-5-9)11(14)8-12-17(15,16)13(2)3/h4-7,12H,8H2,1-3H3. The van der Waals surface area contributed by atoms with Crippen molar-refractivity contribution in [3.8, 4) is 0 Å². The Morgan fingerprint density at radius 3 is 2.24 bits per heavy atom. The second-order valence-electron chi connectivity index (χ2n) is 3.90. The van der Waals surface area contributed by atoms with Crippen LogP contribution in [0.15, 0.2) is 24.3 Å². The van der Waals surface area contributed by atoms with Gasteiger partial charge in [0.05, 0.1) is 6.54 Å². The fraction of sp³-hybridized carbons (Fsp3) is 0.364. The second-order valence-corrected chi connectivity index (χ2v) is 5.87. The van der Waals surface area contributed by atoms with Crippen molar-refractivity contribution in [1.29, 1.82) is 0 Å². The van der Waals surface area contributed by atoms with Gasteiger partial charge in [0.2, 0.25) is 0 Å². The van der Waals surface area contributed by atoms with Gasteiger partial charge in [-0.3, -0.25) is 4.79 Å². The quantitative estimate of drug-likeness (QED) is 0.783. The highest BCUT2D eigenvalue weighted by atomic mass is 32.2. The molecule has 0 saturated heterocycles. The van der Waals surface area contributed by atoms with E-state index in [4.69, 9.17) is 0 Å². The van der Waals surface area contributed by atoms with Crippen LogP contribution in [-0.2, 0) is 10.2 Å². The lowest BCUT2D eigenvalue weighted by molar-refractivity contribution is 0.0996. The van der Waals surface area contributed by atoms with E-state index in [1.807, 2.05) is 19.1 Å². The van der Waals surface area contributed by atoms with Crippen molar-refractivity contribution < 1.29 is 13.2 Å².